The Labute approximate surface area is 86.7 Å². The van der Waals surface area contributed by atoms with E-state index in [0.717, 1.165) is 5.92 Å². The van der Waals surface area contributed by atoms with E-state index in [9.17, 15) is 0 Å². The van der Waals surface area contributed by atoms with Crippen molar-refractivity contribution in [2.45, 2.75) is 11.8 Å². The molecule has 0 radical (unpaired) electrons. The molecule has 13 heavy (non-hydrogen) atoms. The number of benzene rings is 1. The highest BCUT2D eigenvalue weighted by Gasteiger charge is 2.57. The topological polar surface area (TPSA) is 12.0 Å². The van der Waals surface area contributed by atoms with Crippen LogP contribution in [0.25, 0.3) is 0 Å². The van der Waals surface area contributed by atoms with Crippen LogP contribution in [0.1, 0.15) is 12.0 Å². The second kappa shape index (κ2) is 2.58. The van der Waals surface area contributed by atoms with Gasteiger partial charge in [0.2, 0.25) is 0 Å². The van der Waals surface area contributed by atoms with Crippen LogP contribution >= 0.6 is 15.9 Å². The van der Waals surface area contributed by atoms with Gasteiger partial charge in [-0.3, -0.25) is 0 Å². The Morgan fingerprint density at radius 2 is 2.38 bits per heavy atom. The Morgan fingerprint density at radius 1 is 1.46 bits per heavy atom. The van der Waals surface area contributed by atoms with E-state index in [2.05, 4.69) is 45.5 Å². The Morgan fingerprint density at radius 3 is 3.00 bits per heavy atom. The first-order valence-corrected chi connectivity index (χ1v) is 5.57. The molecular weight excluding hydrogens is 226 g/mol. The number of piperidine rings is 1. The molecular formula is C11H12BrN. The lowest BCUT2D eigenvalue weighted by Gasteiger charge is -2.12. The minimum atomic E-state index is 0.504. The van der Waals surface area contributed by atoms with Gasteiger partial charge in [0, 0.05) is 16.4 Å². The number of fused-ring (bicyclic) bond motifs is 1. The first-order chi connectivity index (χ1) is 6.31. The standard InChI is InChI=1S/C11H12BrN/c12-10-3-1-2-8(4-10)11-5-9(11)6-13-7-11/h1-4,9,13H,5-7H2/t9-,11+/m1/s1. The summed E-state index contributed by atoms with van der Waals surface area (Å²) in [7, 11) is 0. The molecule has 68 valence electrons. The number of halogens is 1. The molecule has 0 bridgehead atoms. The quantitative estimate of drug-likeness (QED) is 0.791. The van der Waals surface area contributed by atoms with Crippen molar-refractivity contribution in [3.63, 3.8) is 0 Å². The fourth-order valence-corrected chi connectivity index (χ4v) is 2.99. The van der Waals surface area contributed by atoms with Crippen molar-refractivity contribution in [2.75, 3.05) is 13.1 Å². The summed E-state index contributed by atoms with van der Waals surface area (Å²) in [6.45, 7) is 2.39. The molecule has 1 aromatic rings. The van der Waals surface area contributed by atoms with Crippen LogP contribution < -0.4 is 5.32 Å². The van der Waals surface area contributed by atoms with Crippen molar-refractivity contribution >= 4 is 15.9 Å². The molecule has 1 aliphatic heterocycles. The van der Waals surface area contributed by atoms with Crippen molar-refractivity contribution in [1.29, 1.82) is 0 Å². The molecule has 2 fully saturated rings. The highest BCUT2D eigenvalue weighted by molar-refractivity contribution is 9.10. The molecule has 3 rings (SSSR count). The van der Waals surface area contributed by atoms with E-state index in [0.29, 0.717) is 5.41 Å². The van der Waals surface area contributed by atoms with Gasteiger partial charge in [-0.2, -0.15) is 0 Å². The molecule has 1 aromatic carbocycles. The lowest BCUT2D eigenvalue weighted by molar-refractivity contribution is 0.675. The molecule has 1 heterocycles. The maximum Gasteiger partial charge on any atom is 0.0178 e. The van der Waals surface area contributed by atoms with E-state index in [4.69, 9.17) is 0 Å². The van der Waals surface area contributed by atoms with Gasteiger partial charge in [-0.05, 0) is 36.6 Å². The molecule has 2 heteroatoms. The van der Waals surface area contributed by atoms with Gasteiger partial charge in [0.15, 0.2) is 0 Å². The summed E-state index contributed by atoms with van der Waals surface area (Å²) in [5.41, 5.74) is 2.01. The van der Waals surface area contributed by atoms with E-state index >= 15 is 0 Å². The minimum Gasteiger partial charge on any atom is -0.316 e. The summed E-state index contributed by atoms with van der Waals surface area (Å²) in [6.07, 6.45) is 1.39. The van der Waals surface area contributed by atoms with Gasteiger partial charge in [0.25, 0.3) is 0 Å². The molecule has 0 amide bonds. The van der Waals surface area contributed by atoms with Crippen molar-refractivity contribution in [3.05, 3.63) is 34.3 Å². The van der Waals surface area contributed by atoms with Crippen LogP contribution in [-0.2, 0) is 5.41 Å². The van der Waals surface area contributed by atoms with Crippen LogP contribution in [0.5, 0.6) is 0 Å². The SMILES string of the molecule is Brc1cccc([C@]23CNC[C@H]2C3)c1. The normalized spacial score (nSPS) is 35.9. The van der Waals surface area contributed by atoms with Crippen LogP contribution in [0.3, 0.4) is 0 Å². The molecule has 1 aliphatic carbocycles. The molecule has 2 aliphatic rings. The van der Waals surface area contributed by atoms with Crippen molar-refractivity contribution in [1.82, 2.24) is 5.32 Å². The van der Waals surface area contributed by atoms with Crippen LogP contribution in [0, 0.1) is 5.92 Å². The second-order valence-electron chi connectivity index (χ2n) is 4.20. The van der Waals surface area contributed by atoms with Crippen LogP contribution in [-0.4, -0.2) is 13.1 Å². The maximum atomic E-state index is 3.53. The molecule has 1 saturated heterocycles. The van der Waals surface area contributed by atoms with E-state index in [-0.39, 0.29) is 0 Å². The number of hydrogen-bond acceptors (Lipinski definition) is 1. The predicted molar refractivity (Wildman–Crippen MR) is 56.8 cm³/mol. The average molecular weight is 238 g/mol. The first-order valence-electron chi connectivity index (χ1n) is 4.78. The minimum absolute atomic E-state index is 0.504. The summed E-state index contributed by atoms with van der Waals surface area (Å²) in [5.74, 6) is 0.904. The van der Waals surface area contributed by atoms with Crippen LogP contribution in [0.2, 0.25) is 0 Å². The van der Waals surface area contributed by atoms with Crippen molar-refractivity contribution in [3.8, 4) is 0 Å². The van der Waals surface area contributed by atoms with Crippen molar-refractivity contribution in [2.24, 2.45) is 5.92 Å². The summed E-state index contributed by atoms with van der Waals surface area (Å²) in [4.78, 5) is 0. The zero-order chi connectivity index (χ0) is 8.89. The van der Waals surface area contributed by atoms with Crippen molar-refractivity contribution < 1.29 is 0 Å². The molecule has 0 spiro atoms. The smallest absolute Gasteiger partial charge is 0.0178 e. The maximum absolute atomic E-state index is 3.53. The molecule has 0 aromatic heterocycles. The Bertz CT molecular complexity index is 350. The molecule has 2 atom stereocenters. The fraction of sp³-hybridized carbons (Fsp3) is 0.455. The summed E-state index contributed by atoms with van der Waals surface area (Å²) >= 11 is 3.53. The molecule has 1 N–H and O–H groups in total. The Balaban J connectivity index is 2.01. The summed E-state index contributed by atoms with van der Waals surface area (Å²) in [6, 6.07) is 8.77. The van der Waals surface area contributed by atoms with Gasteiger partial charge in [0.1, 0.15) is 0 Å². The Hall–Kier alpha value is -0.340. The lowest BCUT2D eigenvalue weighted by atomic mass is 9.95. The highest BCUT2D eigenvalue weighted by atomic mass is 79.9. The predicted octanol–water partition coefficient (Wildman–Crippen LogP) is 2.31. The lowest BCUT2D eigenvalue weighted by Crippen LogP contribution is -2.19. The van der Waals surface area contributed by atoms with E-state index in [1.165, 1.54) is 29.5 Å². The fourth-order valence-electron chi connectivity index (χ4n) is 2.59. The monoisotopic (exact) mass is 237 g/mol. The Kier molecular flexibility index (Phi) is 1.59. The molecule has 0 unspecified atom stereocenters. The van der Waals surface area contributed by atoms with Gasteiger partial charge >= 0.3 is 0 Å². The van der Waals surface area contributed by atoms with E-state index in [1.54, 1.807) is 0 Å². The van der Waals surface area contributed by atoms with Gasteiger partial charge < -0.3 is 5.32 Å². The number of rotatable bonds is 1. The number of hydrogen-bond donors (Lipinski definition) is 1. The molecule has 1 nitrogen and oxygen atoms in total. The average Bonchev–Trinajstić information content (AvgIpc) is 2.70. The zero-order valence-corrected chi connectivity index (χ0v) is 8.97. The van der Waals surface area contributed by atoms with Crippen LogP contribution in [0.15, 0.2) is 28.7 Å². The van der Waals surface area contributed by atoms with E-state index < -0.39 is 0 Å². The summed E-state index contributed by atoms with van der Waals surface area (Å²) < 4.78 is 1.21. The van der Waals surface area contributed by atoms with E-state index in [1.807, 2.05) is 0 Å². The second-order valence-corrected chi connectivity index (χ2v) is 5.11. The van der Waals surface area contributed by atoms with Gasteiger partial charge in [-0.15, -0.1) is 0 Å². The zero-order valence-electron chi connectivity index (χ0n) is 7.39. The number of nitrogens with one attached hydrogen (secondary N) is 1. The third-order valence-corrected chi connectivity index (χ3v) is 3.96. The molecule has 1 saturated carbocycles. The van der Waals surface area contributed by atoms with Crippen LogP contribution in [0.4, 0.5) is 0 Å². The first kappa shape index (κ1) is 8.01. The highest BCUT2D eigenvalue weighted by Crippen LogP contribution is 2.56. The summed E-state index contributed by atoms with van der Waals surface area (Å²) in [5, 5.41) is 3.47. The largest absolute Gasteiger partial charge is 0.316 e. The van der Waals surface area contributed by atoms with Gasteiger partial charge in [-0.1, -0.05) is 28.1 Å². The third-order valence-electron chi connectivity index (χ3n) is 3.46. The third kappa shape index (κ3) is 1.09. The van der Waals surface area contributed by atoms with Gasteiger partial charge in [-0.25, -0.2) is 0 Å². The van der Waals surface area contributed by atoms with Gasteiger partial charge in [0.05, 0.1) is 0 Å².